The molecule has 1 fully saturated rings. The molecule has 3 rings (SSSR count). The van der Waals surface area contributed by atoms with E-state index in [1.165, 1.54) is 0 Å². The number of ketones is 1. The minimum atomic E-state index is -0.168. The molecule has 5 heteroatoms. The molecule has 0 N–H and O–H groups in total. The van der Waals surface area contributed by atoms with Gasteiger partial charge in [0.1, 0.15) is 5.75 Å². The Morgan fingerprint density at radius 3 is 2.77 bits per heavy atom. The third-order valence-electron chi connectivity index (χ3n) is 4.84. The number of hydrogen-bond acceptors (Lipinski definition) is 4. The number of carbonyl (C=O) groups excluding carboxylic acids is 2. The number of aromatic nitrogens is 1. The highest BCUT2D eigenvalue weighted by atomic mass is 16.5. The summed E-state index contributed by atoms with van der Waals surface area (Å²) in [7, 11) is 1.57. The first kappa shape index (κ1) is 18.1. The molecule has 1 amide bonds. The van der Waals surface area contributed by atoms with Crippen LogP contribution in [-0.2, 0) is 11.2 Å². The van der Waals surface area contributed by atoms with Gasteiger partial charge in [0.25, 0.3) is 0 Å². The van der Waals surface area contributed by atoms with Crippen LogP contribution >= 0.6 is 0 Å². The van der Waals surface area contributed by atoms with E-state index in [0.29, 0.717) is 30.7 Å². The van der Waals surface area contributed by atoms with Crippen LogP contribution < -0.4 is 4.74 Å². The fourth-order valence-corrected chi connectivity index (χ4v) is 3.42. The van der Waals surface area contributed by atoms with Crippen molar-refractivity contribution in [3.05, 3.63) is 59.9 Å². The Bertz CT molecular complexity index is 761. The molecule has 1 saturated heterocycles. The number of pyridine rings is 1. The van der Waals surface area contributed by atoms with Crippen LogP contribution in [0.3, 0.4) is 0 Å². The monoisotopic (exact) mass is 352 g/mol. The third kappa shape index (κ3) is 4.28. The maximum atomic E-state index is 12.9. The molecule has 0 radical (unpaired) electrons. The number of piperidine rings is 1. The van der Waals surface area contributed by atoms with Crippen molar-refractivity contribution in [3.63, 3.8) is 0 Å². The second-order valence-electron chi connectivity index (χ2n) is 6.56. The van der Waals surface area contributed by atoms with Crippen molar-refractivity contribution in [1.29, 1.82) is 0 Å². The second kappa shape index (κ2) is 8.61. The number of amides is 1. The lowest BCUT2D eigenvalue weighted by Gasteiger charge is -2.32. The molecule has 1 atom stereocenters. The smallest absolute Gasteiger partial charge is 0.222 e. The maximum Gasteiger partial charge on any atom is 0.222 e. The molecule has 0 bridgehead atoms. The Kier molecular flexibility index (Phi) is 6.00. The Balaban J connectivity index is 1.61. The number of ether oxygens (including phenoxy) is 1. The van der Waals surface area contributed by atoms with E-state index in [9.17, 15) is 9.59 Å². The molecule has 0 aliphatic carbocycles. The van der Waals surface area contributed by atoms with Gasteiger partial charge < -0.3 is 9.64 Å². The van der Waals surface area contributed by atoms with E-state index in [4.69, 9.17) is 4.74 Å². The van der Waals surface area contributed by atoms with E-state index < -0.39 is 0 Å². The predicted octanol–water partition coefficient (Wildman–Crippen LogP) is 3.14. The molecule has 0 spiro atoms. The SMILES string of the molecule is COc1ccccc1C(=O)[C@@H]1CCCN(C(=O)CCc2ccccn2)C1. The van der Waals surface area contributed by atoms with Crippen LogP contribution in [0.4, 0.5) is 0 Å². The lowest BCUT2D eigenvalue weighted by molar-refractivity contribution is -0.132. The molecular weight excluding hydrogens is 328 g/mol. The number of para-hydroxylation sites is 1. The molecule has 0 unspecified atom stereocenters. The molecular formula is C21H24N2O3. The van der Waals surface area contributed by atoms with Crippen LogP contribution in [0.5, 0.6) is 5.75 Å². The molecule has 5 nitrogen and oxygen atoms in total. The summed E-state index contributed by atoms with van der Waals surface area (Å²) >= 11 is 0. The molecule has 1 aliphatic rings. The van der Waals surface area contributed by atoms with Gasteiger partial charge in [-0.05, 0) is 43.5 Å². The van der Waals surface area contributed by atoms with E-state index in [1.807, 2.05) is 35.2 Å². The normalized spacial score (nSPS) is 17.0. The van der Waals surface area contributed by atoms with Crippen LogP contribution in [0.25, 0.3) is 0 Å². The number of benzene rings is 1. The number of hydrogen-bond donors (Lipinski definition) is 0. The minimum absolute atomic E-state index is 0.0599. The first-order valence-corrected chi connectivity index (χ1v) is 9.04. The summed E-state index contributed by atoms with van der Waals surface area (Å²) in [4.78, 5) is 31.5. The Morgan fingerprint density at radius 1 is 1.19 bits per heavy atom. The molecule has 2 heterocycles. The van der Waals surface area contributed by atoms with Gasteiger partial charge in [0.2, 0.25) is 5.91 Å². The van der Waals surface area contributed by atoms with E-state index in [1.54, 1.807) is 25.4 Å². The van der Waals surface area contributed by atoms with E-state index >= 15 is 0 Å². The summed E-state index contributed by atoms with van der Waals surface area (Å²) in [5, 5.41) is 0. The summed E-state index contributed by atoms with van der Waals surface area (Å²) in [5.41, 5.74) is 1.52. The Hall–Kier alpha value is -2.69. The van der Waals surface area contributed by atoms with Crippen molar-refractivity contribution in [3.8, 4) is 5.75 Å². The largest absolute Gasteiger partial charge is 0.496 e. The average Bonchev–Trinajstić information content (AvgIpc) is 2.72. The highest BCUT2D eigenvalue weighted by molar-refractivity contribution is 6.00. The van der Waals surface area contributed by atoms with Crippen LogP contribution in [0.15, 0.2) is 48.7 Å². The maximum absolute atomic E-state index is 12.9. The van der Waals surface area contributed by atoms with Gasteiger partial charge in [0.15, 0.2) is 5.78 Å². The highest BCUT2D eigenvalue weighted by Crippen LogP contribution is 2.26. The molecule has 136 valence electrons. The lowest BCUT2D eigenvalue weighted by Crippen LogP contribution is -2.42. The van der Waals surface area contributed by atoms with Gasteiger partial charge in [-0.15, -0.1) is 0 Å². The van der Waals surface area contributed by atoms with E-state index in [2.05, 4.69) is 4.98 Å². The fourth-order valence-electron chi connectivity index (χ4n) is 3.42. The van der Waals surface area contributed by atoms with Crippen LogP contribution in [0, 0.1) is 5.92 Å². The van der Waals surface area contributed by atoms with Crippen molar-refractivity contribution in [2.45, 2.75) is 25.7 Å². The minimum Gasteiger partial charge on any atom is -0.496 e. The summed E-state index contributed by atoms with van der Waals surface area (Å²) < 4.78 is 5.31. The summed E-state index contributed by atoms with van der Waals surface area (Å²) in [6.07, 6.45) is 4.44. The lowest BCUT2D eigenvalue weighted by atomic mass is 9.89. The van der Waals surface area contributed by atoms with Gasteiger partial charge in [0.05, 0.1) is 12.7 Å². The van der Waals surface area contributed by atoms with Crippen molar-refractivity contribution < 1.29 is 14.3 Å². The van der Waals surface area contributed by atoms with Crippen LogP contribution in [0.2, 0.25) is 0 Å². The zero-order valence-electron chi connectivity index (χ0n) is 15.1. The van der Waals surface area contributed by atoms with Crippen LogP contribution in [-0.4, -0.2) is 41.8 Å². The van der Waals surface area contributed by atoms with Gasteiger partial charge in [-0.3, -0.25) is 14.6 Å². The van der Waals surface area contributed by atoms with Crippen LogP contribution in [0.1, 0.15) is 35.3 Å². The average molecular weight is 352 g/mol. The fraction of sp³-hybridized carbons (Fsp3) is 0.381. The van der Waals surface area contributed by atoms with Crippen molar-refractivity contribution in [2.24, 2.45) is 5.92 Å². The van der Waals surface area contributed by atoms with E-state index in [0.717, 1.165) is 25.1 Å². The molecule has 1 aromatic heterocycles. The molecule has 2 aromatic rings. The first-order chi connectivity index (χ1) is 12.7. The molecule has 1 aromatic carbocycles. The Labute approximate surface area is 154 Å². The van der Waals surface area contributed by atoms with E-state index in [-0.39, 0.29) is 17.6 Å². The topological polar surface area (TPSA) is 59.5 Å². The van der Waals surface area contributed by atoms with Gasteiger partial charge in [-0.2, -0.15) is 0 Å². The number of rotatable bonds is 6. The molecule has 26 heavy (non-hydrogen) atoms. The van der Waals surface area contributed by atoms with Crippen molar-refractivity contribution in [2.75, 3.05) is 20.2 Å². The van der Waals surface area contributed by atoms with Crippen molar-refractivity contribution >= 4 is 11.7 Å². The second-order valence-corrected chi connectivity index (χ2v) is 6.56. The van der Waals surface area contributed by atoms with Gasteiger partial charge >= 0.3 is 0 Å². The van der Waals surface area contributed by atoms with Gasteiger partial charge in [-0.25, -0.2) is 0 Å². The Morgan fingerprint density at radius 2 is 2.00 bits per heavy atom. The number of nitrogens with zero attached hydrogens (tertiary/aromatic N) is 2. The zero-order chi connectivity index (χ0) is 18.4. The molecule has 1 aliphatic heterocycles. The number of Topliss-reactive ketones (excluding diaryl/α,β-unsaturated/α-hetero) is 1. The number of carbonyl (C=O) groups is 2. The summed E-state index contributed by atoms with van der Waals surface area (Å²) in [6, 6.07) is 13.0. The molecule has 0 saturated carbocycles. The van der Waals surface area contributed by atoms with Crippen molar-refractivity contribution in [1.82, 2.24) is 9.88 Å². The van der Waals surface area contributed by atoms with Gasteiger partial charge in [-0.1, -0.05) is 18.2 Å². The summed E-state index contributed by atoms with van der Waals surface area (Å²) in [6.45, 7) is 1.20. The number of aryl methyl sites for hydroxylation is 1. The number of likely N-dealkylation sites (tertiary alicyclic amines) is 1. The predicted molar refractivity (Wildman–Crippen MR) is 99.2 cm³/mol. The highest BCUT2D eigenvalue weighted by Gasteiger charge is 2.30. The third-order valence-corrected chi connectivity index (χ3v) is 4.84. The first-order valence-electron chi connectivity index (χ1n) is 9.04. The quantitative estimate of drug-likeness (QED) is 0.750. The summed E-state index contributed by atoms with van der Waals surface area (Å²) in [5.74, 6) is 0.577. The number of methoxy groups -OCH3 is 1. The van der Waals surface area contributed by atoms with Gasteiger partial charge in [0, 0.05) is 37.3 Å². The zero-order valence-corrected chi connectivity index (χ0v) is 15.1. The standard InChI is InChI=1S/C21H24N2O3/c1-26-19-10-3-2-9-18(19)21(25)16-7-6-14-23(15-16)20(24)12-11-17-8-4-5-13-22-17/h2-5,8-10,13,16H,6-7,11-12,14-15H2,1H3/t16-/m1/s1.